The van der Waals surface area contributed by atoms with Gasteiger partial charge in [-0.15, -0.1) is 0 Å². The predicted molar refractivity (Wildman–Crippen MR) is 62.3 cm³/mol. The van der Waals surface area contributed by atoms with Gasteiger partial charge in [0.25, 0.3) is 5.92 Å². The van der Waals surface area contributed by atoms with Crippen molar-refractivity contribution >= 4 is 11.8 Å². The summed E-state index contributed by atoms with van der Waals surface area (Å²) in [7, 11) is 0. The highest BCUT2D eigenvalue weighted by Gasteiger charge is 2.43. The van der Waals surface area contributed by atoms with E-state index in [0.717, 1.165) is 12.2 Å². The van der Waals surface area contributed by atoms with Gasteiger partial charge in [0.05, 0.1) is 12.5 Å². The molecule has 0 spiro atoms. The molecule has 0 aliphatic heterocycles. The molecular weight excluding hydrogens is 242 g/mol. The monoisotopic (exact) mass is 260 g/mol. The largest absolute Gasteiger partial charge is 0.463 e. The van der Waals surface area contributed by atoms with E-state index in [-0.39, 0.29) is 25.2 Å². The Hall–Kier alpha value is -1.26. The Bertz CT molecular complexity index is 337. The number of allylic oxidation sites excluding steroid dienone is 1. The third-order valence-corrected chi connectivity index (χ3v) is 2.99. The quantitative estimate of drug-likeness (QED) is 0.564. The lowest BCUT2D eigenvalue weighted by atomic mass is 9.82. The van der Waals surface area contributed by atoms with Gasteiger partial charge in [-0.25, -0.2) is 13.6 Å². The van der Waals surface area contributed by atoms with Crippen LogP contribution in [0.1, 0.15) is 39.0 Å². The van der Waals surface area contributed by atoms with Crippen LogP contribution in [-0.4, -0.2) is 24.3 Å². The third kappa shape index (κ3) is 4.20. The van der Waals surface area contributed by atoms with Crippen LogP contribution >= 0.6 is 0 Å². The molecular formula is C13H18F2O3. The molecule has 0 aromatic carbocycles. The van der Waals surface area contributed by atoms with Gasteiger partial charge in [0, 0.05) is 18.9 Å². The number of rotatable bonds is 5. The average molecular weight is 260 g/mol. The summed E-state index contributed by atoms with van der Waals surface area (Å²) in [6.07, 6.45) is 3.31. The third-order valence-electron chi connectivity index (χ3n) is 2.99. The SMILES string of the molecule is CCOC(=O)/C=C/CC(F)(F)C1CCCCC1=O. The number of halogens is 2. The number of Topliss-reactive ketones (excluding diaryl/α,β-unsaturated/α-hetero) is 1. The maximum absolute atomic E-state index is 13.8. The Labute approximate surface area is 105 Å². The molecule has 1 rings (SSSR count). The van der Waals surface area contributed by atoms with Crippen molar-refractivity contribution in [2.45, 2.75) is 45.0 Å². The van der Waals surface area contributed by atoms with E-state index in [2.05, 4.69) is 4.74 Å². The first-order valence-corrected chi connectivity index (χ1v) is 6.21. The number of hydrogen-bond donors (Lipinski definition) is 0. The van der Waals surface area contributed by atoms with E-state index in [1.807, 2.05) is 0 Å². The van der Waals surface area contributed by atoms with Crippen LogP contribution in [0.3, 0.4) is 0 Å². The fourth-order valence-corrected chi connectivity index (χ4v) is 2.07. The van der Waals surface area contributed by atoms with E-state index >= 15 is 0 Å². The van der Waals surface area contributed by atoms with Crippen LogP contribution in [0.15, 0.2) is 12.2 Å². The first kappa shape index (κ1) is 14.8. The molecule has 0 N–H and O–H groups in total. The molecule has 1 saturated carbocycles. The zero-order valence-electron chi connectivity index (χ0n) is 10.5. The molecule has 0 aromatic rings. The zero-order chi connectivity index (χ0) is 13.6. The lowest BCUT2D eigenvalue weighted by Crippen LogP contribution is -2.36. The summed E-state index contributed by atoms with van der Waals surface area (Å²) >= 11 is 0. The molecule has 1 aliphatic carbocycles. The van der Waals surface area contributed by atoms with Gasteiger partial charge in [0.2, 0.25) is 0 Å². The number of alkyl halides is 2. The van der Waals surface area contributed by atoms with Gasteiger partial charge in [0.1, 0.15) is 5.78 Å². The molecule has 1 fully saturated rings. The lowest BCUT2D eigenvalue weighted by molar-refractivity contribution is -0.140. The molecule has 0 aromatic heterocycles. The van der Waals surface area contributed by atoms with Crippen LogP contribution in [0.4, 0.5) is 8.78 Å². The summed E-state index contributed by atoms with van der Waals surface area (Å²) in [5.41, 5.74) is 0. The van der Waals surface area contributed by atoms with Gasteiger partial charge in [-0.2, -0.15) is 0 Å². The summed E-state index contributed by atoms with van der Waals surface area (Å²) in [6, 6.07) is 0. The highest BCUT2D eigenvalue weighted by molar-refractivity contribution is 5.83. The molecule has 5 heteroatoms. The van der Waals surface area contributed by atoms with Crippen LogP contribution in [0.5, 0.6) is 0 Å². The van der Waals surface area contributed by atoms with E-state index in [0.29, 0.717) is 12.8 Å². The second-order valence-electron chi connectivity index (χ2n) is 4.38. The Kier molecular flexibility index (Phi) is 5.44. The molecule has 0 heterocycles. The van der Waals surface area contributed by atoms with E-state index in [9.17, 15) is 18.4 Å². The Balaban J connectivity index is 2.52. The smallest absolute Gasteiger partial charge is 0.330 e. The van der Waals surface area contributed by atoms with Crippen molar-refractivity contribution in [1.29, 1.82) is 0 Å². The minimum Gasteiger partial charge on any atom is -0.463 e. The average Bonchev–Trinajstić information content (AvgIpc) is 2.29. The highest BCUT2D eigenvalue weighted by atomic mass is 19.3. The van der Waals surface area contributed by atoms with E-state index < -0.39 is 24.2 Å². The van der Waals surface area contributed by atoms with Gasteiger partial charge < -0.3 is 4.74 Å². The molecule has 0 amide bonds. The number of carbonyl (C=O) groups is 2. The molecule has 0 saturated heterocycles. The Morgan fingerprint density at radius 3 is 2.83 bits per heavy atom. The molecule has 102 valence electrons. The van der Waals surface area contributed by atoms with Gasteiger partial charge >= 0.3 is 5.97 Å². The summed E-state index contributed by atoms with van der Waals surface area (Å²) < 4.78 is 32.1. The minimum atomic E-state index is -3.07. The Morgan fingerprint density at radius 2 is 2.22 bits per heavy atom. The van der Waals surface area contributed by atoms with Crippen LogP contribution in [0.2, 0.25) is 0 Å². The summed E-state index contributed by atoms with van der Waals surface area (Å²) in [6.45, 7) is 1.85. The molecule has 0 bridgehead atoms. The van der Waals surface area contributed by atoms with Crippen molar-refractivity contribution in [1.82, 2.24) is 0 Å². The number of carbonyl (C=O) groups excluding carboxylic acids is 2. The molecule has 1 aliphatic rings. The van der Waals surface area contributed by atoms with E-state index in [1.54, 1.807) is 6.92 Å². The number of esters is 1. The summed E-state index contributed by atoms with van der Waals surface area (Å²) in [5.74, 6) is -5.27. The fourth-order valence-electron chi connectivity index (χ4n) is 2.07. The molecule has 1 atom stereocenters. The fraction of sp³-hybridized carbons (Fsp3) is 0.692. The first-order chi connectivity index (χ1) is 8.47. The number of ether oxygens (including phenoxy) is 1. The van der Waals surface area contributed by atoms with Crippen molar-refractivity contribution in [3.05, 3.63) is 12.2 Å². The summed E-state index contributed by atoms with van der Waals surface area (Å²) in [5, 5.41) is 0. The Morgan fingerprint density at radius 1 is 1.50 bits per heavy atom. The van der Waals surface area contributed by atoms with Crippen molar-refractivity contribution in [2.75, 3.05) is 6.61 Å². The van der Waals surface area contributed by atoms with Gasteiger partial charge in [-0.3, -0.25) is 4.79 Å². The maximum atomic E-state index is 13.8. The number of hydrogen-bond acceptors (Lipinski definition) is 3. The highest BCUT2D eigenvalue weighted by Crippen LogP contribution is 2.36. The van der Waals surface area contributed by atoms with Crippen LogP contribution < -0.4 is 0 Å². The van der Waals surface area contributed by atoms with Gasteiger partial charge in [-0.1, -0.05) is 12.5 Å². The van der Waals surface area contributed by atoms with Crippen LogP contribution in [-0.2, 0) is 14.3 Å². The van der Waals surface area contributed by atoms with Crippen molar-refractivity contribution < 1.29 is 23.1 Å². The maximum Gasteiger partial charge on any atom is 0.330 e. The molecule has 1 unspecified atom stereocenters. The van der Waals surface area contributed by atoms with Gasteiger partial charge in [-0.05, 0) is 19.8 Å². The van der Waals surface area contributed by atoms with E-state index in [4.69, 9.17) is 0 Å². The molecule has 3 nitrogen and oxygen atoms in total. The topological polar surface area (TPSA) is 43.4 Å². The summed E-state index contributed by atoms with van der Waals surface area (Å²) in [4.78, 5) is 22.4. The van der Waals surface area contributed by atoms with Crippen molar-refractivity contribution in [3.8, 4) is 0 Å². The van der Waals surface area contributed by atoms with Crippen LogP contribution in [0, 0.1) is 5.92 Å². The zero-order valence-corrected chi connectivity index (χ0v) is 10.5. The lowest BCUT2D eigenvalue weighted by Gasteiger charge is -2.27. The standard InChI is InChI=1S/C13H18F2O3/c1-2-18-12(17)8-5-9-13(14,15)10-6-3-4-7-11(10)16/h5,8,10H,2-4,6-7,9H2,1H3/b8-5+. The minimum absolute atomic E-state index is 0.209. The van der Waals surface area contributed by atoms with E-state index in [1.165, 1.54) is 0 Å². The molecule has 0 radical (unpaired) electrons. The van der Waals surface area contributed by atoms with Crippen molar-refractivity contribution in [2.24, 2.45) is 5.92 Å². The normalized spacial score (nSPS) is 21.3. The molecule has 18 heavy (non-hydrogen) atoms. The predicted octanol–water partition coefficient (Wildman–Crippen LogP) is 2.89. The first-order valence-electron chi connectivity index (χ1n) is 6.21. The number of ketones is 1. The van der Waals surface area contributed by atoms with Crippen molar-refractivity contribution in [3.63, 3.8) is 0 Å². The second kappa shape index (κ2) is 6.61. The van der Waals surface area contributed by atoms with Crippen LogP contribution in [0.25, 0.3) is 0 Å². The second-order valence-corrected chi connectivity index (χ2v) is 4.38. The van der Waals surface area contributed by atoms with Gasteiger partial charge in [0.15, 0.2) is 0 Å².